The molecule has 1 aromatic carbocycles. The van der Waals surface area contributed by atoms with Crippen LogP contribution in [0.3, 0.4) is 0 Å². The second kappa shape index (κ2) is 4.69. The van der Waals surface area contributed by atoms with Crippen LogP contribution in [0.2, 0.25) is 0 Å². The molecule has 0 saturated heterocycles. The van der Waals surface area contributed by atoms with Gasteiger partial charge in [0.15, 0.2) is 0 Å². The van der Waals surface area contributed by atoms with Crippen molar-refractivity contribution in [1.29, 1.82) is 0 Å². The molecule has 8 nitrogen and oxygen atoms in total. The summed E-state index contributed by atoms with van der Waals surface area (Å²) in [4.78, 5) is 10.2. The fourth-order valence-corrected chi connectivity index (χ4v) is 2.98. The van der Waals surface area contributed by atoms with Crippen molar-refractivity contribution in [2.45, 2.75) is 18.7 Å². The van der Waals surface area contributed by atoms with Crippen LogP contribution in [0.1, 0.15) is 11.4 Å². The summed E-state index contributed by atoms with van der Waals surface area (Å²) < 4.78 is 24.3. The third-order valence-electron chi connectivity index (χ3n) is 2.79. The summed E-state index contributed by atoms with van der Waals surface area (Å²) in [5.74, 6) is 0. The molecule has 0 saturated carbocycles. The molecule has 2 N–H and O–H groups in total. The molecule has 0 atom stereocenters. The van der Waals surface area contributed by atoms with E-state index in [9.17, 15) is 18.5 Å². The standard InChI is InChI=1S/C11H12N4O4S/c1-7-11(20(12,18)19)8(2)14(13-7)9-4-3-5-10(6-9)15(16)17/h3-6H,1-2H3,(H2,12,18,19). The highest BCUT2D eigenvalue weighted by molar-refractivity contribution is 7.89. The summed E-state index contributed by atoms with van der Waals surface area (Å²) in [6, 6.07) is 5.75. The summed E-state index contributed by atoms with van der Waals surface area (Å²) in [6.07, 6.45) is 0. The normalized spacial score (nSPS) is 11.6. The van der Waals surface area contributed by atoms with E-state index in [4.69, 9.17) is 5.14 Å². The molecule has 0 aliphatic rings. The average Bonchev–Trinajstić information content (AvgIpc) is 2.64. The fourth-order valence-electron chi connectivity index (χ4n) is 2.03. The molecular weight excluding hydrogens is 284 g/mol. The second-order valence-corrected chi connectivity index (χ2v) is 5.73. The van der Waals surface area contributed by atoms with Gasteiger partial charge in [-0.3, -0.25) is 10.1 Å². The predicted octanol–water partition coefficient (Wildman–Crippen LogP) is 1.04. The smallest absolute Gasteiger partial charge is 0.258 e. The van der Waals surface area contributed by atoms with Gasteiger partial charge in [0.25, 0.3) is 5.69 Å². The zero-order valence-electron chi connectivity index (χ0n) is 10.8. The minimum absolute atomic E-state index is 0.0657. The molecule has 1 aromatic heterocycles. The van der Waals surface area contributed by atoms with Crippen molar-refractivity contribution in [1.82, 2.24) is 9.78 Å². The van der Waals surface area contributed by atoms with E-state index in [-0.39, 0.29) is 16.3 Å². The summed E-state index contributed by atoms with van der Waals surface area (Å²) in [5.41, 5.74) is 0.851. The number of aromatic nitrogens is 2. The summed E-state index contributed by atoms with van der Waals surface area (Å²) in [6.45, 7) is 3.05. The molecule has 2 rings (SSSR count). The lowest BCUT2D eigenvalue weighted by atomic mass is 10.3. The van der Waals surface area contributed by atoms with Crippen LogP contribution in [0.25, 0.3) is 5.69 Å². The molecule has 0 aliphatic carbocycles. The molecule has 0 bridgehead atoms. The van der Waals surface area contributed by atoms with Crippen LogP contribution in [0.4, 0.5) is 5.69 Å². The van der Waals surface area contributed by atoms with Gasteiger partial charge in [-0.05, 0) is 19.9 Å². The largest absolute Gasteiger partial charge is 0.271 e. The fraction of sp³-hybridized carbons (Fsp3) is 0.182. The van der Waals surface area contributed by atoms with Gasteiger partial charge < -0.3 is 0 Å². The zero-order chi connectivity index (χ0) is 15.1. The third kappa shape index (κ3) is 2.40. The number of nitro benzene ring substituents is 1. The number of nitrogens with zero attached hydrogens (tertiary/aromatic N) is 3. The molecule has 106 valence electrons. The van der Waals surface area contributed by atoms with Gasteiger partial charge in [0.2, 0.25) is 10.0 Å². The molecule has 0 unspecified atom stereocenters. The van der Waals surface area contributed by atoms with E-state index >= 15 is 0 Å². The van der Waals surface area contributed by atoms with Crippen LogP contribution >= 0.6 is 0 Å². The van der Waals surface area contributed by atoms with E-state index in [1.165, 1.54) is 29.8 Å². The monoisotopic (exact) mass is 296 g/mol. The first kappa shape index (κ1) is 14.2. The van der Waals surface area contributed by atoms with Gasteiger partial charge in [-0.25, -0.2) is 18.2 Å². The Hall–Kier alpha value is -2.26. The number of non-ortho nitro benzene ring substituents is 1. The van der Waals surface area contributed by atoms with Crippen LogP contribution in [0, 0.1) is 24.0 Å². The lowest BCUT2D eigenvalue weighted by molar-refractivity contribution is -0.384. The number of aryl methyl sites for hydroxylation is 1. The van der Waals surface area contributed by atoms with E-state index < -0.39 is 14.9 Å². The number of sulfonamides is 1. The van der Waals surface area contributed by atoms with Crippen LogP contribution in [-0.4, -0.2) is 23.1 Å². The van der Waals surface area contributed by atoms with E-state index in [1.54, 1.807) is 13.0 Å². The van der Waals surface area contributed by atoms with Crippen LogP contribution in [-0.2, 0) is 10.0 Å². The summed E-state index contributed by atoms with van der Waals surface area (Å²) >= 11 is 0. The lowest BCUT2D eigenvalue weighted by Crippen LogP contribution is -2.14. The number of primary sulfonamides is 1. The number of benzene rings is 1. The summed E-state index contributed by atoms with van der Waals surface area (Å²) in [7, 11) is -3.89. The van der Waals surface area contributed by atoms with Crippen molar-refractivity contribution in [2.75, 3.05) is 0 Å². The Morgan fingerprint density at radius 3 is 2.50 bits per heavy atom. The quantitative estimate of drug-likeness (QED) is 0.670. The third-order valence-corrected chi connectivity index (χ3v) is 3.95. The average molecular weight is 296 g/mol. The van der Waals surface area contributed by atoms with Gasteiger partial charge in [-0.1, -0.05) is 6.07 Å². The molecule has 0 radical (unpaired) electrons. The van der Waals surface area contributed by atoms with Gasteiger partial charge in [0, 0.05) is 12.1 Å². The minimum Gasteiger partial charge on any atom is -0.258 e. The van der Waals surface area contributed by atoms with Gasteiger partial charge in [-0.15, -0.1) is 0 Å². The molecule has 0 amide bonds. The molecule has 20 heavy (non-hydrogen) atoms. The molecule has 2 aromatic rings. The number of nitrogens with two attached hydrogens (primary N) is 1. The first-order valence-electron chi connectivity index (χ1n) is 5.55. The first-order chi connectivity index (χ1) is 9.21. The molecule has 1 heterocycles. The highest BCUT2D eigenvalue weighted by Gasteiger charge is 2.22. The van der Waals surface area contributed by atoms with E-state index in [0.717, 1.165) is 0 Å². The highest BCUT2D eigenvalue weighted by Crippen LogP contribution is 2.23. The van der Waals surface area contributed by atoms with Crippen molar-refractivity contribution >= 4 is 15.7 Å². The first-order valence-corrected chi connectivity index (χ1v) is 7.10. The Bertz CT molecular complexity index is 795. The highest BCUT2D eigenvalue weighted by atomic mass is 32.2. The maximum atomic E-state index is 11.5. The summed E-state index contributed by atoms with van der Waals surface area (Å²) in [5, 5.41) is 20.0. The van der Waals surface area contributed by atoms with E-state index in [1.807, 2.05) is 0 Å². The minimum atomic E-state index is -3.89. The predicted molar refractivity (Wildman–Crippen MR) is 71.1 cm³/mol. The van der Waals surface area contributed by atoms with Gasteiger partial charge in [0.1, 0.15) is 4.90 Å². The van der Waals surface area contributed by atoms with Crippen molar-refractivity contribution in [3.8, 4) is 5.69 Å². The van der Waals surface area contributed by atoms with Gasteiger partial charge >= 0.3 is 0 Å². The van der Waals surface area contributed by atoms with Crippen LogP contribution < -0.4 is 5.14 Å². The number of nitro groups is 1. The Morgan fingerprint density at radius 2 is 2.00 bits per heavy atom. The van der Waals surface area contributed by atoms with Crippen molar-refractivity contribution in [3.05, 3.63) is 45.8 Å². The SMILES string of the molecule is Cc1nn(-c2cccc([N+](=O)[O-])c2)c(C)c1S(N)(=O)=O. The Kier molecular flexibility index (Phi) is 3.32. The Labute approximate surface area is 115 Å². The molecule has 0 fully saturated rings. The number of hydrogen-bond donors (Lipinski definition) is 1. The number of hydrogen-bond acceptors (Lipinski definition) is 5. The molecule has 0 spiro atoms. The number of rotatable bonds is 3. The molecule has 0 aliphatic heterocycles. The van der Waals surface area contributed by atoms with Crippen LogP contribution in [0.15, 0.2) is 29.2 Å². The van der Waals surface area contributed by atoms with Crippen molar-refractivity contribution in [2.24, 2.45) is 5.14 Å². The molecular formula is C11H12N4O4S. The van der Waals surface area contributed by atoms with Gasteiger partial charge in [-0.2, -0.15) is 5.10 Å². The van der Waals surface area contributed by atoms with Crippen LogP contribution in [0.5, 0.6) is 0 Å². The van der Waals surface area contributed by atoms with E-state index in [2.05, 4.69) is 5.10 Å². The molecule has 9 heteroatoms. The second-order valence-electron chi connectivity index (χ2n) is 4.23. The zero-order valence-corrected chi connectivity index (χ0v) is 11.6. The lowest BCUT2D eigenvalue weighted by Gasteiger charge is -2.04. The Balaban J connectivity index is 2.66. The van der Waals surface area contributed by atoms with Crippen molar-refractivity contribution in [3.63, 3.8) is 0 Å². The maximum Gasteiger partial charge on any atom is 0.271 e. The maximum absolute atomic E-state index is 11.5. The van der Waals surface area contributed by atoms with Crippen molar-refractivity contribution < 1.29 is 13.3 Å². The van der Waals surface area contributed by atoms with Gasteiger partial charge in [0.05, 0.1) is 22.0 Å². The topological polar surface area (TPSA) is 121 Å². The Morgan fingerprint density at radius 1 is 1.35 bits per heavy atom. The van der Waals surface area contributed by atoms with E-state index in [0.29, 0.717) is 11.4 Å².